The van der Waals surface area contributed by atoms with Crippen LogP contribution < -0.4 is 0 Å². The van der Waals surface area contributed by atoms with Gasteiger partial charge in [-0.05, 0) is 12.1 Å². The quantitative estimate of drug-likeness (QED) is 0.650. The summed E-state index contributed by atoms with van der Waals surface area (Å²) >= 11 is 0. The number of nitro groups is 1. The van der Waals surface area contributed by atoms with Crippen LogP contribution in [0.4, 0.5) is 18.9 Å². The van der Waals surface area contributed by atoms with Gasteiger partial charge in [-0.1, -0.05) is 0 Å². The van der Waals surface area contributed by atoms with Gasteiger partial charge in [0.2, 0.25) is 0 Å². The molecular formula is C11H9F3N2O4. The molecule has 0 radical (unpaired) electrons. The predicted octanol–water partition coefficient (Wildman–Crippen LogP) is 1.92. The van der Waals surface area contributed by atoms with Crippen molar-refractivity contribution in [2.75, 3.05) is 0 Å². The van der Waals surface area contributed by atoms with Gasteiger partial charge in [0.25, 0.3) is 5.69 Å². The van der Waals surface area contributed by atoms with E-state index in [1.165, 1.54) is 0 Å². The second-order valence-electron chi connectivity index (χ2n) is 3.90. The molecule has 0 aliphatic carbocycles. The number of hydrogen-bond donors (Lipinski definition) is 2. The van der Waals surface area contributed by atoms with Crippen molar-refractivity contribution in [2.45, 2.75) is 24.8 Å². The smallest absolute Gasteiger partial charge is 0.389 e. The summed E-state index contributed by atoms with van der Waals surface area (Å²) in [5.74, 6) is 0. The number of nitriles is 1. The van der Waals surface area contributed by atoms with E-state index in [0.717, 1.165) is 0 Å². The van der Waals surface area contributed by atoms with Crippen molar-refractivity contribution in [3.05, 3.63) is 39.4 Å². The first kappa shape index (κ1) is 15.9. The van der Waals surface area contributed by atoms with Gasteiger partial charge in [0.15, 0.2) is 0 Å². The summed E-state index contributed by atoms with van der Waals surface area (Å²) in [5, 5.41) is 38.2. The van der Waals surface area contributed by atoms with Gasteiger partial charge in [0.1, 0.15) is 6.10 Å². The molecule has 0 aliphatic rings. The average molecular weight is 290 g/mol. The number of nitrogens with zero attached hydrogens (tertiary/aromatic N) is 2. The van der Waals surface area contributed by atoms with Crippen molar-refractivity contribution in [2.24, 2.45) is 0 Å². The lowest BCUT2D eigenvalue weighted by molar-refractivity contribution is -0.386. The van der Waals surface area contributed by atoms with Crippen molar-refractivity contribution in [3.8, 4) is 6.07 Å². The Hall–Kier alpha value is -2.18. The summed E-state index contributed by atoms with van der Waals surface area (Å²) in [4.78, 5) is 9.68. The Bertz CT molecular complexity index is 554. The lowest BCUT2D eigenvalue weighted by Gasteiger charge is -2.16. The molecule has 9 heteroatoms. The summed E-state index contributed by atoms with van der Waals surface area (Å²) in [6.45, 7) is 0. The summed E-state index contributed by atoms with van der Waals surface area (Å²) in [5.41, 5.74) is -2.69. The number of nitro benzene ring substituents is 1. The van der Waals surface area contributed by atoms with E-state index in [0.29, 0.717) is 12.1 Å². The summed E-state index contributed by atoms with van der Waals surface area (Å²) in [6.07, 6.45) is -8.73. The molecule has 108 valence electrons. The highest BCUT2D eigenvalue weighted by Gasteiger charge is 2.34. The van der Waals surface area contributed by atoms with Crippen LogP contribution in [-0.4, -0.2) is 21.2 Å². The zero-order chi connectivity index (χ0) is 15.5. The molecule has 1 aromatic carbocycles. The minimum atomic E-state index is -4.76. The highest BCUT2D eigenvalue weighted by atomic mass is 19.4. The molecule has 0 aromatic heterocycles. The molecule has 0 saturated heterocycles. The fourth-order valence-corrected chi connectivity index (χ4v) is 1.54. The number of hydrogen-bond acceptors (Lipinski definition) is 5. The number of rotatable bonds is 4. The molecule has 2 unspecified atom stereocenters. The van der Waals surface area contributed by atoms with Gasteiger partial charge >= 0.3 is 6.18 Å². The first-order valence-corrected chi connectivity index (χ1v) is 5.27. The van der Waals surface area contributed by atoms with Crippen LogP contribution in [0.3, 0.4) is 0 Å². The van der Waals surface area contributed by atoms with Crippen LogP contribution in [-0.2, 0) is 6.18 Å². The third-order valence-corrected chi connectivity index (χ3v) is 2.54. The van der Waals surface area contributed by atoms with Gasteiger partial charge in [-0.2, -0.15) is 18.4 Å². The lowest BCUT2D eigenvalue weighted by atomic mass is 9.99. The van der Waals surface area contributed by atoms with Crippen LogP contribution in [0, 0.1) is 21.4 Å². The van der Waals surface area contributed by atoms with Crippen LogP contribution >= 0.6 is 0 Å². The molecule has 2 N–H and O–H groups in total. The Morgan fingerprint density at radius 1 is 1.40 bits per heavy atom. The summed E-state index contributed by atoms with van der Waals surface area (Å²) in [7, 11) is 0. The van der Waals surface area contributed by atoms with Crippen LogP contribution in [0.15, 0.2) is 18.2 Å². The van der Waals surface area contributed by atoms with Gasteiger partial charge in [0, 0.05) is 6.07 Å². The van der Waals surface area contributed by atoms with Crippen LogP contribution in [0.1, 0.15) is 23.7 Å². The standard InChI is InChI=1S/C11H9F3N2O4/c12-11(13,14)6-1-2-7(8(5-6)16(19)20)10(18)9(17)3-4-15/h1-2,5,9-10,17-18H,3H2. The number of aliphatic hydroxyl groups excluding tert-OH is 2. The predicted molar refractivity (Wildman–Crippen MR) is 59.3 cm³/mol. The lowest BCUT2D eigenvalue weighted by Crippen LogP contribution is -2.19. The van der Waals surface area contributed by atoms with Crippen LogP contribution in [0.5, 0.6) is 0 Å². The third-order valence-electron chi connectivity index (χ3n) is 2.54. The van der Waals surface area contributed by atoms with Gasteiger partial charge in [0.05, 0.1) is 34.6 Å². The summed E-state index contributed by atoms with van der Waals surface area (Å²) in [6, 6.07) is 3.09. The highest BCUT2D eigenvalue weighted by Crippen LogP contribution is 2.35. The molecule has 20 heavy (non-hydrogen) atoms. The van der Waals surface area contributed by atoms with Gasteiger partial charge in [-0.3, -0.25) is 10.1 Å². The van der Waals surface area contributed by atoms with E-state index >= 15 is 0 Å². The van der Waals surface area contributed by atoms with E-state index in [4.69, 9.17) is 5.26 Å². The Kier molecular flexibility index (Phi) is 4.65. The van der Waals surface area contributed by atoms with Crippen molar-refractivity contribution < 1.29 is 28.3 Å². The Morgan fingerprint density at radius 2 is 2.00 bits per heavy atom. The minimum Gasteiger partial charge on any atom is -0.389 e. The molecule has 0 amide bonds. The van der Waals surface area contributed by atoms with Crippen molar-refractivity contribution in [1.29, 1.82) is 5.26 Å². The normalized spacial score (nSPS) is 14.4. The molecule has 0 heterocycles. The molecule has 1 rings (SSSR count). The number of alkyl halides is 3. The Balaban J connectivity index is 3.28. The van der Waals surface area contributed by atoms with Gasteiger partial charge < -0.3 is 10.2 Å². The maximum atomic E-state index is 12.5. The SMILES string of the molecule is N#CCC(O)C(O)c1ccc(C(F)(F)F)cc1[N+](=O)[O-]. The van der Waals surface area contributed by atoms with Crippen molar-refractivity contribution >= 4 is 5.69 Å². The molecule has 0 bridgehead atoms. The average Bonchev–Trinajstić information content (AvgIpc) is 2.36. The fourth-order valence-electron chi connectivity index (χ4n) is 1.54. The Morgan fingerprint density at radius 3 is 2.45 bits per heavy atom. The number of benzene rings is 1. The molecule has 0 saturated carbocycles. The monoisotopic (exact) mass is 290 g/mol. The molecule has 0 aliphatic heterocycles. The third kappa shape index (κ3) is 3.43. The molecule has 2 atom stereocenters. The topological polar surface area (TPSA) is 107 Å². The molecule has 0 spiro atoms. The van der Waals surface area contributed by atoms with E-state index in [-0.39, 0.29) is 6.07 Å². The van der Waals surface area contributed by atoms with Gasteiger partial charge in [-0.25, -0.2) is 0 Å². The molecule has 6 nitrogen and oxygen atoms in total. The van der Waals surface area contributed by atoms with Gasteiger partial charge in [-0.15, -0.1) is 0 Å². The molecular weight excluding hydrogens is 281 g/mol. The molecule has 1 aromatic rings. The van der Waals surface area contributed by atoms with Crippen molar-refractivity contribution in [1.82, 2.24) is 0 Å². The van der Waals surface area contributed by atoms with Crippen LogP contribution in [0.2, 0.25) is 0 Å². The first-order chi connectivity index (χ1) is 9.18. The Labute approximate surface area is 110 Å². The zero-order valence-electron chi connectivity index (χ0n) is 9.83. The van der Waals surface area contributed by atoms with E-state index in [9.17, 15) is 33.5 Å². The second kappa shape index (κ2) is 5.85. The minimum absolute atomic E-state index is 0.275. The maximum Gasteiger partial charge on any atom is 0.416 e. The zero-order valence-corrected chi connectivity index (χ0v) is 9.83. The first-order valence-electron chi connectivity index (χ1n) is 5.27. The number of aliphatic hydroxyl groups is 2. The molecule has 0 fully saturated rings. The van der Waals surface area contributed by atoms with E-state index in [1.54, 1.807) is 6.07 Å². The second-order valence-corrected chi connectivity index (χ2v) is 3.90. The van der Waals surface area contributed by atoms with Crippen LogP contribution in [0.25, 0.3) is 0 Å². The fraction of sp³-hybridized carbons (Fsp3) is 0.364. The highest BCUT2D eigenvalue weighted by molar-refractivity contribution is 5.46. The van der Waals surface area contributed by atoms with Crippen molar-refractivity contribution in [3.63, 3.8) is 0 Å². The van der Waals surface area contributed by atoms with E-state index in [2.05, 4.69) is 0 Å². The van der Waals surface area contributed by atoms with E-state index < -0.39 is 46.5 Å². The van der Waals surface area contributed by atoms with E-state index in [1.807, 2.05) is 0 Å². The number of halogens is 3. The largest absolute Gasteiger partial charge is 0.416 e. The summed E-state index contributed by atoms with van der Waals surface area (Å²) < 4.78 is 37.4. The maximum absolute atomic E-state index is 12.5.